The molecule has 0 spiro atoms. The zero-order chi connectivity index (χ0) is 34.9. The maximum atomic E-state index is 6.64. The first kappa shape index (κ1) is 36.3. The third-order valence-corrected chi connectivity index (χ3v) is 9.93. The Morgan fingerprint density at radius 1 is 0.784 bits per heavy atom. The minimum atomic E-state index is 0. The van der Waals surface area contributed by atoms with E-state index in [1.54, 1.807) is 0 Å². The maximum absolute atomic E-state index is 6.64. The van der Waals surface area contributed by atoms with Gasteiger partial charge >= 0.3 is 21.1 Å². The summed E-state index contributed by atoms with van der Waals surface area (Å²) in [5.74, 6) is 2.92. The van der Waals surface area contributed by atoms with E-state index in [9.17, 15) is 0 Å². The van der Waals surface area contributed by atoms with Gasteiger partial charge in [-0.15, -0.1) is 41.3 Å². The van der Waals surface area contributed by atoms with Gasteiger partial charge in [0.25, 0.3) is 0 Å². The molecule has 0 aliphatic carbocycles. The topological polar surface area (TPSA) is 44.9 Å². The Morgan fingerprint density at radius 3 is 2.33 bits per heavy atom. The Kier molecular flexibility index (Phi) is 11.0. The molecule has 3 aromatic heterocycles. The predicted octanol–water partition coefficient (Wildman–Crippen LogP) is 12.2. The fourth-order valence-electron chi connectivity index (χ4n) is 7.13. The number of aromatic nitrogens is 4. The summed E-state index contributed by atoms with van der Waals surface area (Å²) < 4.78 is 10.9. The van der Waals surface area contributed by atoms with Crippen molar-refractivity contribution in [2.24, 2.45) is 0 Å². The minimum absolute atomic E-state index is 0. The number of rotatable bonds is 11. The molecule has 0 aliphatic heterocycles. The Bertz CT molecular complexity index is 2300. The molecule has 0 aliphatic rings. The van der Waals surface area contributed by atoms with E-state index in [-0.39, 0.29) is 27.0 Å². The van der Waals surface area contributed by atoms with Crippen LogP contribution in [0.2, 0.25) is 0 Å². The molecule has 0 saturated carbocycles. The molecule has 0 amide bonds. The monoisotopic (exact) mass is 853 g/mol. The van der Waals surface area contributed by atoms with Gasteiger partial charge < -0.3 is 9.30 Å². The van der Waals surface area contributed by atoms with E-state index < -0.39 is 0 Å². The number of fused-ring (bicyclic) bond motifs is 3. The molecule has 51 heavy (non-hydrogen) atoms. The van der Waals surface area contributed by atoms with Crippen molar-refractivity contribution >= 4 is 21.8 Å². The van der Waals surface area contributed by atoms with Crippen molar-refractivity contribution in [1.29, 1.82) is 0 Å². The summed E-state index contributed by atoms with van der Waals surface area (Å²) in [7, 11) is 0. The zero-order valence-corrected chi connectivity index (χ0v) is 32.9. The molecule has 7 aromatic rings. The van der Waals surface area contributed by atoms with Crippen molar-refractivity contribution in [3.63, 3.8) is 0 Å². The summed E-state index contributed by atoms with van der Waals surface area (Å²) in [4.78, 5) is 4.80. The van der Waals surface area contributed by atoms with Crippen molar-refractivity contribution in [3.8, 4) is 34.1 Å². The van der Waals surface area contributed by atoms with Crippen molar-refractivity contribution < 1.29 is 25.8 Å². The van der Waals surface area contributed by atoms with Crippen LogP contribution in [-0.2, 0) is 21.1 Å². The normalized spacial score (nSPS) is 12.1. The molecule has 7 rings (SSSR count). The van der Waals surface area contributed by atoms with Gasteiger partial charge in [0, 0.05) is 34.5 Å². The second-order valence-corrected chi connectivity index (χ2v) is 14.0. The first-order valence-corrected chi connectivity index (χ1v) is 18.0. The molecular formula is C45H46N4OPt. The van der Waals surface area contributed by atoms with E-state index in [0.717, 1.165) is 61.6 Å². The number of benzene rings is 4. The van der Waals surface area contributed by atoms with Gasteiger partial charge in [0.05, 0.1) is 5.69 Å². The van der Waals surface area contributed by atoms with Crippen LogP contribution in [0.4, 0.5) is 0 Å². The standard InChI is InChI=1S/C45H46N4O.Pt/c1-8-9-11-14-31(5)35-17-20-42-41(26-35)40-19-18-38(28-43(40)48(42)44-23-30(4)21-22-46-44)50-39-25-36(29(2)3)24-37(27-39)49-33(7)45(32(6)47-49)34-15-12-10-13-16-34;/h10,12-13,15-26,29,31H,8-9,11,14H2,1-7H3;/q-2;+2. The first-order chi connectivity index (χ1) is 24.2. The Labute approximate surface area is 317 Å². The molecule has 3 heterocycles. The second kappa shape index (κ2) is 15.4. The Balaban J connectivity index is 0.00000448. The number of hydrogen-bond acceptors (Lipinski definition) is 3. The van der Waals surface area contributed by atoms with Crippen molar-refractivity contribution in [1.82, 2.24) is 19.3 Å². The summed E-state index contributed by atoms with van der Waals surface area (Å²) in [6.45, 7) is 15.3. The number of unbranched alkanes of at least 4 members (excludes halogenated alkanes) is 2. The molecule has 1 unspecified atom stereocenters. The predicted molar refractivity (Wildman–Crippen MR) is 206 cm³/mol. The van der Waals surface area contributed by atoms with Gasteiger partial charge in [0.1, 0.15) is 5.82 Å². The van der Waals surface area contributed by atoms with Gasteiger partial charge in [-0.05, 0) is 85.0 Å². The van der Waals surface area contributed by atoms with Crippen LogP contribution in [0.1, 0.15) is 93.3 Å². The molecule has 6 heteroatoms. The van der Waals surface area contributed by atoms with Crippen LogP contribution in [0.3, 0.4) is 0 Å². The van der Waals surface area contributed by atoms with Crippen LogP contribution in [0, 0.1) is 32.9 Å². The van der Waals surface area contributed by atoms with Crippen LogP contribution in [0.5, 0.6) is 11.5 Å². The fourth-order valence-corrected chi connectivity index (χ4v) is 7.13. The smallest absolute Gasteiger partial charge is 0.509 e. The summed E-state index contributed by atoms with van der Waals surface area (Å²) in [5, 5.41) is 7.32. The number of aryl methyl sites for hydroxylation is 2. The number of pyridine rings is 1. The molecular weight excluding hydrogens is 808 g/mol. The summed E-state index contributed by atoms with van der Waals surface area (Å²) >= 11 is 0. The first-order valence-electron chi connectivity index (χ1n) is 18.0. The Hall–Kier alpha value is -4.47. The van der Waals surface area contributed by atoms with Gasteiger partial charge in [-0.25, -0.2) is 4.98 Å². The average Bonchev–Trinajstić information content (AvgIpc) is 3.60. The van der Waals surface area contributed by atoms with Gasteiger partial charge in [-0.2, -0.15) is 11.2 Å². The van der Waals surface area contributed by atoms with Gasteiger partial charge in [-0.1, -0.05) is 94.9 Å². The molecule has 0 bridgehead atoms. The summed E-state index contributed by atoms with van der Waals surface area (Å²) in [6.07, 6.45) is 6.84. The van der Waals surface area contributed by atoms with E-state index in [1.807, 2.05) is 29.1 Å². The fraction of sp³-hybridized carbons (Fsp3) is 0.289. The van der Waals surface area contributed by atoms with Gasteiger partial charge in [-0.3, -0.25) is 4.68 Å². The van der Waals surface area contributed by atoms with Crippen LogP contribution >= 0.6 is 0 Å². The van der Waals surface area contributed by atoms with E-state index >= 15 is 0 Å². The number of nitrogens with zero attached hydrogens (tertiary/aromatic N) is 4. The molecule has 4 aromatic carbocycles. The quantitative estimate of drug-likeness (QED) is 0.0962. The van der Waals surface area contributed by atoms with Crippen LogP contribution in [0.25, 0.3) is 44.4 Å². The third-order valence-electron chi connectivity index (χ3n) is 9.93. The van der Waals surface area contributed by atoms with Gasteiger partial charge in [0.15, 0.2) is 0 Å². The zero-order valence-electron chi connectivity index (χ0n) is 30.7. The molecule has 1 atom stereocenters. The molecule has 0 saturated heterocycles. The van der Waals surface area contributed by atoms with Gasteiger partial charge in [0.2, 0.25) is 0 Å². The van der Waals surface area contributed by atoms with E-state index in [1.165, 1.54) is 36.6 Å². The second-order valence-electron chi connectivity index (χ2n) is 14.0. The molecule has 262 valence electrons. The molecule has 0 fully saturated rings. The van der Waals surface area contributed by atoms with Crippen molar-refractivity contribution in [2.45, 2.75) is 86.0 Å². The largest absolute Gasteiger partial charge is 2.00 e. The number of ether oxygens (including phenoxy) is 1. The summed E-state index contributed by atoms with van der Waals surface area (Å²) in [6, 6.07) is 37.2. The molecule has 5 nitrogen and oxygen atoms in total. The van der Waals surface area contributed by atoms with E-state index in [0.29, 0.717) is 17.4 Å². The van der Waals surface area contributed by atoms with Crippen LogP contribution < -0.4 is 4.74 Å². The van der Waals surface area contributed by atoms with Crippen molar-refractivity contribution in [2.75, 3.05) is 0 Å². The van der Waals surface area contributed by atoms with E-state index in [2.05, 4.69) is 132 Å². The summed E-state index contributed by atoms with van der Waals surface area (Å²) in [5.41, 5.74) is 11.0. The van der Waals surface area contributed by atoms with Crippen LogP contribution in [-0.4, -0.2) is 19.3 Å². The number of hydrogen-bond donors (Lipinski definition) is 0. The third kappa shape index (κ3) is 7.32. The Morgan fingerprint density at radius 2 is 1.59 bits per heavy atom. The van der Waals surface area contributed by atoms with Crippen LogP contribution in [0.15, 0.2) is 91.1 Å². The molecule has 0 N–H and O–H groups in total. The minimum Gasteiger partial charge on any atom is -0.509 e. The SMILES string of the molecule is CCCCCC(C)c1ccc2c(c1)c1ccc(Oc3[c-]c(-n4nc(C)c(-c5ccccc5)c4C)cc(C(C)C)c3)[c-]c1n2-c1cc(C)ccn1.[Pt+2]. The van der Waals surface area contributed by atoms with E-state index in [4.69, 9.17) is 14.8 Å². The average molecular weight is 854 g/mol. The van der Waals surface area contributed by atoms with Crippen molar-refractivity contribution in [3.05, 3.63) is 131 Å². The maximum Gasteiger partial charge on any atom is 2.00 e. The molecule has 0 radical (unpaired) electrons.